The molecule has 2 fully saturated rings. The summed E-state index contributed by atoms with van der Waals surface area (Å²) in [4.78, 5) is 0. The van der Waals surface area contributed by atoms with Gasteiger partial charge in [-0.3, -0.25) is 0 Å². The average molecular weight is 229 g/mol. The fourth-order valence-corrected chi connectivity index (χ4v) is 3.86. The Kier molecular flexibility index (Phi) is 4.79. The van der Waals surface area contributed by atoms with Gasteiger partial charge in [-0.2, -0.15) is 11.8 Å². The Morgan fingerprint density at radius 1 is 1.33 bits per heavy atom. The lowest BCUT2D eigenvalue weighted by Crippen LogP contribution is -2.37. The molecule has 0 radical (unpaired) electrons. The predicted octanol–water partition coefficient (Wildman–Crippen LogP) is 2.29. The Bertz CT molecular complexity index is 182. The monoisotopic (exact) mass is 229 g/mol. The number of rotatable bonds is 5. The molecule has 2 aliphatic rings. The van der Waals surface area contributed by atoms with E-state index in [4.69, 9.17) is 4.74 Å². The summed E-state index contributed by atoms with van der Waals surface area (Å²) < 4.78 is 5.40. The number of hydrogen-bond acceptors (Lipinski definition) is 3. The van der Waals surface area contributed by atoms with Crippen LogP contribution in [0.4, 0.5) is 0 Å². The standard InChI is InChI=1S/C12H23NOS/c1-2-15-12-5-3-4-11(12)13-8-10-6-7-14-9-10/h10-13H,2-9H2,1H3/t10-,11+,12-/m1/s1. The van der Waals surface area contributed by atoms with Crippen LogP contribution in [0, 0.1) is 5.92 Å². The van der Waals surface area contributed by atoms with E-state index in [0.717, 1.165) is 30.4 Å². The Balaban J connectivity index is 1.68. The minimum absolute atomic E-state index is 0.774. The van der Waals surface area contributed by atoms with Crippen molar-refractivity contribution < 1.29 is 4.74 Å². The third-order valence-electron chi connectivity index (χ3n) is 3.53. The highest BCUT2D eigenvalue weighted by atomic mass is 32.2. The maximum Gasteiger partial charge on any atom is 0.0507 e. The van der Waals surface area contributed by atoms with Gasteiger partial charge in [-0.25, -0.2) is 0 Å². The molecule has 1 heterocycles. The van der Waals surface area contributed by atoms with Gasteiger partial charge in [0, 0.05) is 24.4 Å². The third-order valence-corrected chi connectivity index (χ3v) is 4.85. The van der Waals surface area contributed by atoms with Gasteiger partial charge in [0.2, 0.25) is 0 Å². The van der Waals surface area contributed by atoms with Crippen LogP contribution < -0.4 is 5.32 Å². The van der Waals surface area contributed by atoms with Crippen molar-refractivity contribution in [1.82, 2.24) is 5.32 Å². The summed E-state index contributed by atoms with van der Waals surface area (Å²) in [5.41, 5.74) is 0. The van der Waals surface area contributed by atoms with E-state index in [9.17, 15) is 0 Å². The summed E-state index contributed by atoms with van der Waals surface area (Å²) in [7, 11) is 0. The number of hydrogen-bond donors (Lipinski definition) is 1. The van der Waals surface area contributed by atoms with Crippen LogP contribution in [0.2, 0.25) is 0 Å². The van der Waals surface area contributed by atoms with Crippen LogP contribution in [-0.4, -0.2) is 36.8 Å². The van der Waals surface area contributed by atoms with Crippen molar-refractivity contribution in [2.45, 2.75) is 43.9 Å². The summed E-state index contributed by atoms with van der Waals surface area (Å²) in [6.07, 6.45) is 5.46. The molecule has 0 aromatic carbocycles. The van der Waals surface area contributed by atoms with E-state index in [1.165, 1.54) is 38.0 Å². The minimum atomic E-state index is 0.774. The van der Waals surface area contributed by atoms with Crippen LogP contribution in [0.3, 0.4) is 0 Å². The molecule has 2 rings (SSSR count). The lowest BCUT2D eigenvalue weighted by atomic mass is 10.1. The van der Waals surface area contributed by atoms with Crippen molar-refractivity contribution in [2.75, 3.05) is 25.5 Å². The molecule has 1 saturated carbocycles. The van der Waals surface area contributed by atoms with Crippen LogP contribution in [0.25, 0.3) is 0 Å². The fourth-order valence-electron chi connectivity index (χ4n) is 2.64. The molecular formula is C12H23NOS. The van der Waals surface area contributed by atoms with E-state index in [1.54, 1.807) is 0 Å². The topological polar surface area (TPSA) is 21.3 Å². The normalized spacial score (nSPS) is 36.2. The summed E-state index contributed by atoms with van der Waals surface area (Å²) in [6.45, 7) is 5.39. The zero-order valence-electron chi connectivity index (χ0n) is 9.71. The van der Waals surface area contributed by atoms with E-state index in [2.05, 4.69) is 24.0 Å². The second-order valence-electron chi connectivity index (χ2n) is 4.67. The molecule has 1 N–H and O–H groups in total. The number of ether oxygens (including phenoxy) is 1. The van der Waals surface area contributed by atoms with E-state index in [1.807, 2.05) is 0 Å². The molecule has 0 aromatic rings. The van der Waals surface area contributed by atoms with Crippen LogP contribution in [0.15, 0.2) is 0 Å². The highest BCUT2D eigenvalue weighted by Gasteiger charge is 2.27. The Labute approximate surface area is 97.5 Å². The first-order valence-corrected chi connectivity index (χ1v) is 7.37. The van der Waals surface area contributed by atoms with Gasteiger partial charge in [-0.15, -0.1) is 0 Å². The molecule has 0 unspecified atom stereocenters. The molecule has 88 valence electrons. The lowest BCUT2D eigenvalue weighted by Gasteiger charge is -2.21. The van der Waals surface area contributed by atoms with Gasteiger partial charge in [0.15, 0.2) is 0 Å². The summed E-state index contributed by atoms with van der Waals surface area (Å²) in [6, 6.07) is 0.774. The molecule has 3 heteroatoms. The van der Waals surface area contributed by atoms with E-state index in [-0.39, 0.29) is 0 Å². The third kappa shape index (κ3) is 3.36. The minimum Gasteiger partial charge on any atom is -0.381 e. The van der Waals surface area contributed by atoms with Gasteiger partial charge in [-0.05, 0) is 30.9 Å². The zero-order chi connectivity index (χ0) is 10.5. The van der Waals surface area contributed by atoms with Crippen molar-refractivity contribution in [3.63, 3.8) is 0 Å². The predicted molar refractivity (Wildman–Crippen MR) is 66.5 cm³/mol. The largest absolute Gasteiger partial charge is 0.381 e. The molecule has 0 amide bonds. The van der Waals surface area contributed by atoms with Gasteiger partial charge in [0.1, 0.15) is 0 Å². The smallest absolute Gasteiger partial charge is 0.0507 e. The van der Waals surface area contributed by atoms with Crippen LogP contribution >= 0.6 is 11.8 Å². The summed E-state index contributed by atoms with van der Waals surface area (Å²) in [5.74, 6) is 2.04. The Morgan fingerprint density at radius 3 is 3.00 bits per heavy atom. The van der Waals surface area contributed by atoms with Gasteiger partial charge < -0.3 is 10.1 Å². The van der Waals surface area contributed by atoms with Crippen molar-refractivity contribution >= 4 is 11.8 Å². The van der Waals surface area contributed by atoms with E-state index >= 15 is 0 Å². The van der Waals surface area contributed by atoms with Crippen LogP contribution in [0.5, 0.6) is 0 Å². The molecule has 1 saturated heterocycles. The number of nitrogens with one attached hydrogen (secondary N) is 1. The van der Waals surface area contributed by atoms with Crippen molar-refractivity contribution in [3.05, 3.63) is 0 Å². The van der Waals surface area contributed by atoms with Crippen LogP contribution in [0.1, 0.15) is 32.6 Å². The zero-order valence-corrected chi connectivity index (χ0v) is 10.5. The highest BCUT2D eigenvalue weighted by molar-refractivity contribution is 7.99. The molecule has 1 aliphatic heterocycles. The molecule has 0 bridgehead atoms. The van der Waals surface area contributed by atoms with Crippen molar-refractivity contribution in [2.24, 2.45) is 5.92 Å². The Hall–Kier alpha value is 0.270. The maximum atomic E-state index is 5.40. The molecule has 0 aromatic heterocycles. The molecular weight excluding hydrogens is 206 g/mol. The molecule has 1 aliphatic carbocycles. The molecule has 3 atom stereocenters. The molecule has 0 spiro atoms. The van der Waals surface area contributed by atoms with Gasteiger partial charge >= 0.3 is 0 Å². The maximum absolute atomic E-state index is 5.40. The second-order valence-corrected chi connectivity index (χ2v) is 6.19. The van der Waals surface area contributed by atoms with E-state index < -0.39 is 0 Å². The highest BCUT2D eigenvalue weighted by Crippen LogP contribution is 2.30. The molecule has 2 nitrogen and oxygen atoms in total. The summed E-state index contributed by atoms with van der Waals surface area (Å²) >= 11 is 2.14. The fraction of sp³-hybridized carbons (Fsp3) is 1.00. The first-order valence-electron chi connectivity index (χ1n) is 6.33. The Morgan fingerprint density at radius 2 is 2.27 bits per heavy atom. The first kappa shape index (κ1) is 11.7. The average Bonchev–Trinajstić information content (AvgIpc) is 2.85. The van der Waals surface area contributed by atoms with Gasteiger partial charge in [0.05, 0.1) is 6.61 Å². The number of thioether (sulfide) groups is 1. The van der Waals surface area contributed by atoms with Crippen molar-refractivity contribution in [3.8, 4) is 0 Å². The first-order chi connectivity index (χ1) is 7.40. The quantitative estimate of drug-likeness (QED) is 0.781. The summed E-state index contributed by atoms with van der Waals surface area (Å²) in [5, 5.41) is 4.63. The SMILES string of the molecule is CCS[C@@H]1CCC[C@@H]1NC[C@H]1CCOC1. The second kappa shape index (κ2) is 6.12. The molecule has 15 heavy (non-hydrogen) atoms. The van der Waals surface area contributed by atoms with Gasteiger partial charge in [-0.1, -0.05) is 13.3 Å². The van der Waals surface area contributed by atoms with Crippen LogP contribution in [-0.2, 0) is 4.74 Å². The lowest BCUT2D eigenvalue weighted by molar-refractivity contribution is 0.184. The van der Waals surface area contributed by atoms with E-state index in [0.29, 0.717) is 0 Å². The van der Waals surface area contributed by atoms with Gasteiger partial charge in [0.25, 0.3) is 0 Å². The van der Waals surface area contributed by atoms with Crippen molar-refractivity contribution in [1.29, 1.82) is 0 Å².